The summed E-state index contributed by atoms with van der Waals surface area (Å²) in [6.45, 7) is 1.78. The molecule has 1 aromatic carbocycles. The van der Waals surface area contributed by atoms with Crippen LogP contribution >= 0.6 is 23.2 Å². The summed E-state index contributed by atoms with van der Waals surface area (Å²) in [5.74, 6) is 0.868. The highest BCUT2D eigenvalue weighted by Gasteiger charge is 2.21. The first-order chi connectivity index (χ1) is 14.8. The average molecular weight is 458 g/mol. The minimum Gasteiger partial charge on any atom is -0.384 e. The van der Waals surface area contributed by atoms with E-state index in [4.69, 9.17) is 40.4 Å². The molecule has 0 aliphatic heterocycles. The van der Waals surface area contributed by atoms with Crippen LogP contribution in [-0.4, -0.2) is 24.5 Å². The highest BCUT2D eigenvalue weighted by Crippen LogP contribution is 2.29. The van der Waals surface area contributed by atoms with Gasteiger partial charge in [0.15, 0.2) is 5.82 Å². The normalized spacial score (nSPS) is 12.1. The molecule has 10 nitrogen and oxygen atoms in total. The molecular weight excluding hydrogens is 441 g/mol. The van der Waals surface area contributed by atoms with Gasteiger partial charge >= 0.3 is 0 Å². The SMILES string of the molecule is CC(Nc1nc(N)nc(N)c1Cl)c1nc2cccc(Cl)c2c(=O)n1-c1ccc(N)nc1. The molecule has 0 fully saturated rings. The van der Waals surface area contributed by atoms with Gasteiger partial charge in [0, 0.05) is 0 Å². The number of hydrogen-bond acceptors (Lipinski definition) is 9. The van der Waals surface area contributed by atoms with Crippen molar-refractivity contribution >= 4 is 57.5 Å². The number of rotatable bonds is 4. The molecule has 0 aliphatic carbocycles. The molecule has 12 heteroatoms. The monoisotopic (exact) mass is 457 g/mol. The zero-order valence-corrected chi connectivity index (χ0v) is 17.7. The van der Waals surface area contributed by atoms with E-state index >= 15 is 0 Å². The summed E-state index contributed by atoms with van der Waals surface area (Å²) in [7, 11) is 0. The van der Waals surface area contributed by atoms with Crippen LogP contribution < -0.4 is 28.1 Å². The van der Waals surface area contributed by atoms with Gasteiger partial charge in [-0.05, 0) is 31.2 Å². The molecule has 1 atom stereocenters. The zero-order chi connectivity index (χ0) is 22.3. The number of hydrogen-bond donors (Lipinski definition) is 4. The van der Waals surface area contributed by atoms with Crippen molar-refractivity contribution in [3.05, 3.63) is 62.8 Å². The van der Waals surface area contributed by atoms with Gasteiger partial charge in [-0.15, -0.1) is 0 Å². The van der Waals surface area contributed by atoms with E-state index in [2.05, 4.69) is 25.3 Å². The predicted molar refractivity (Wildman–Crippen MR) is 122 cm³/mol. The van der Waals surface area contributed by atoms with Gasteiger partial charge in [-0.3, -0.25) is 9.36 Å². The standard InChI is InChI=1S/C19H17Cl2N9O/c1-8(26-16-14(21)15(23)28-19(24)29-16)17-27-11-4-2-3-10(20)13(11)18(31)30(17)9-5-6-12(22)25-7-9/h2-8H,1H3,(H2,22,25)(H5,23,24,26,28,29). The molecule has 1 unspecified atom stereocenters. The van der Waals surface area contributed by atoms with E-state index in [0.29, 0.717) is 27.9 Å². The first-order valence-corrected chi connectivity index (χ1v) is 9.80. The van der Waals surface area contributed by atoms with Crippen LogP contribution in [0.4, 0.5) is 23.4 Å². The predicted octanol–water partition coefficient (Wildman–Crippen LogP) is 2.80. The number of nitrogens with two attached hydrogens (primary N) is 3. The number of halogens is 2. The number of anilines is 4. The highest BCUT2D eigenvalue weighted by atomic mass is 35.5. The van der Waals surface area contributed by atoms with E-state index < -0.39 is 6.04 Å². The second-order valence-corrected chi connectivity index (χ2v) is 7.47. The Morgan fingerprint density at radius 1 is 1.06 bits per heavy atom. The Kier molecular flexibility index (Phi) is 5.25. The number of aromatic nitrogens is 5. The summed E-state index contributed by atoms with van der Waals surface area (Å²) in [4.78, 5) is 30.1. The molecule has 0 aliphatic rings. The van der Waals surface area contributed by atoms with Gasteiger partial charge in [0.2, 0.25) is 5.95 Å². The molecule has 158 valence electrons. The molecule has 0 saturated carbocycles. The maximum Gasteiger partial charge on any atom is 0.267 e. The Hall–Kier alpha value is -3.63. The van der Waals surface area contributed by atoms with Crippen LogP contribution in [-0.2, 0) is 0 Å². The van der Waals surface area contributed by atoms with Crippen molar-refractivity contribution in [3.63, 3.8) is 0 Å². The molecule has 3 aromatic heterocycles. The van der Waals surface area contributed by atoms with E-state index in [9.17, 15) is 4.79 Å². The Balaban J connectivity index is 1.93. The van der Waals surface area contributed by atoms with Crippen LogP contribution in [0.3, 0.4) is 0 Å². The maximum atomic E-state index is 13.4. The first-order valence-electron chi connectivity index (χ1n) is 9.04. The van der Waals surface area contributed by atoms with Crippen molar-refractivity contribution in [1.82, 2.24) is 24.5 Å². The Bertz CT molecular complexity index is 1360. The third-order valence-corrected chi connectivity index (χ3v) is 5.22. The van der Waals surface area contributed by atoms with E-state index in [1.807, 2.05) is 0 Å². The van der Waals surface area contributed by atoms with E-state index in [1.165, 1.54) is 10.8 Å². The molecule has 4 aromatic rings. The van der Waals surface area contributed by atoms with Gasteiger partial charge < -0.3 is 22.5 Å². The molecule has 0 bridgehead atoms. The van der Waals surface area contributed by atoms with Crippen molar-refractivity contribution in [2.24, 2.45) is 0 Å². The summed E-state index contributed by atoms with van der Waals surface area (Å²) < 4.78 is 1.40. The lowest BCUT2D eigenvalue weighted by molar-refractivity contribution is 0.730. The maximum absolute atomic E-state index is 13.4. The van der Waals surface area contributed by atoms with Crippen molar-refractivity contribution in [2.45, 2.75) is 13.0 Å². The van der Waals surface area contributed by atoms with Crippen LogP contribution in [0.5, 0.6) is 0 Å². The van der Waals surface area contributed by atoms with Crippen molar-refractivity contribution in [2.75, 3.05) is 22.5 Å². The zero-order valence-electron chi connectivity index (χ0n) is 16.2. The summed E-state index contributed by atoms with van der Waals surface area (Å²) in [6.07, 6.45) is 1.48. The lowest BCUT2D eigenvalue weighted by atomic mass is 10.2. The largest absolute Gasteiger partial charge is 0.384 e. The van der Waals surface area contributed by atoms with Crippen LogP contribution in [0.25, 0.3) is 16.6 Å². The van der Waals surface area contributed by atoms with Crippen molar-refractivity contribution < 1.29 is 0 Å². The molecule has 0 radical (unpaired) electrons. The number of nitrogens with zero attached hydrogens (tertiary/aromatic N) is 5. The second-order valence-electron chi connectivity index (χ2n) is 6.68. The molecule has 0 amide bonds. The number of nitrogen functional groups attached to an aromatic ring is 3. The second kappa shape index (κ2) is 7.89. The lowest BCUT2D eigenvalue weighted by Crippen LogP contribution is -2.28. The molecule has 0 spiro atoms. The molecular formula is C19H17Cl2N9O. The average Bonchev–Trinajstić information content (AvgIpc) is 2.72. The highest BCUT2D eigenvalue weighted by molar-refractivity contribution is 6.35. The Morgan fingerprint density at radius 2 is 1.84 bits per heavy atom. The first kappa shape index (κ1) is 20.6. The summed E-state index contributed by atoms with van der Waals surface area (Å²) >= 11 is 12.5. The third kappa shape index (κ3) is 3.78. The minimum absolute atomic E-state index is 0.0299. The molecule has 0 saturated heterocycles. The number of pyridine rings is 1. The fourth-order valence-corrected chi connectivity index (χ4v) is 3.51. The third-order valence-electron chi connectivity index (χ3n) is 4.54. The van der Waals surface area contributed by atoms with Crippen molar-refractivity contribution in [3.8, 4) is 5.69 Å². The Labute approximate surface area is 186 Å². The quantitative estimate of drug-likeness (QED) is 0.360. The van der Waals surface area contributed by atoms with Gasteiger partial charge in [-0.25, -0.2) is 9.97 Å². The van der Waals surface area contributed by atoms with E-state index in [-0.39, 0.29) is 33.6 Å². The van der Waals surface area contributed by atoms with E-state index in [0.717, 1.165) is 0 Å². The molecule has 31 heavy (non-hydrogen) atoms. The van der Waals surface area contributed by atoms with Gasteiger partial charge in [-0.2, -0.15) is 9.97 Å². The van der Waals surface area contributed by atoms with Crippen LogP contribution in [0, 0.1) is 0 Å². The Morgan fingerprint density at radius 3 is 2.55 bits per heavy atom. The van der Waals surface area contributed by atoms with Gasteiger partial charge in [-0.1, -0.05) is 29.3 Å². The summed E-state index contributed by atoms with van der Waals surface area (Å²) in [5.41, 5.74) is 17.7. The molecule has 4 rings (SSSR count). The van der Waals surface area contributed by atoms with Crippen molar-refractivity contribution in [1.29, 1.82) is 0 Å². The van der Waals surface area contributed by atoms with Gasteiger partial charge in [0.25, 0.3) is 5.56 Å². The van der Waals surface area contributed by atoms with Gasteiger partial charge in [0.05, 0.1) is 33.9 Å². The smallest absolute Gasteiger partial charge is 0.267 e. The fraction of sp³-hybridized carbons (Fsp3) is 0.105. The van der Waals surface area contributed by atoms with E-state index in [1.54, 1.807) is 37.3 Å². The van der Waals surface area contributed by atoms with Crippen LogP contribution in [0.15, 0.2) is 41.3 Å². The fourth-order valence-electron chi connectivity index (χ4n) is 3.12. The number of nitrogens with one attached hydrogen (secondary N) is 1. The lowest BCUT2D eigenvalue weighted by Gasteiger charge is -2.21. The topological polar surface area (TPSA) is 164 Å². The summed E-state index contributed by atoms with van der Waals surface area (Å²) in [6, 6.07) is 7.75. The van der Waals surface area contributed by atoms with Crippen LogP contribution in [0.1, 0.15) is 18.8 Å². The summed E-state index contributed by atoms with van der Waals surface area (Å²) in [5, 5.41) is 3.77. The number of fused-ring (bicyclic) bond motifs is 1. The van der Waals surface area contributed by atoms with Gasteiger partial charge in [0.1, 0.15) is 22.5 Å². The minimum atomic E-state index is -0.556. The van der Waals surface area contributed by atoms with Crippen LogP contribution in [0.2, 0.25) is 10.0 Å². The molecule has 3 heterocycles. The molecule has 7 N–H and O–H groups in total. The number of benzene rings is 1.